The van der Waals surface area contributed by atoms with E-state index in [1.54, 1.807) is 0 Å². The van der Waals surface area contributed by atoms with Crippen LogP contribution in [0.25, 0.3) is 0 Å². The minimum atomic E-state index is -1.45. The molecule has 0 bridgehead atoms. The van der Waals surface area contributed by atoms with Gasteiger partial charge in [0.15, 0.2) is 0 Å². The molecule has 0 unspecified atom stereocenters. The summed E-state index contributed by atoms with van der Waals surface area (Å²) >= 11 is 0. The third-order valence-electron chi connectivity index (χ3n) is 8.73. The van der Waals surface area contributed by atoms with Gasteiger partial charge in [0.25, 0.3) is 0 Å². The zero-order valence-electron chi connectivity index (χ0n) is 36.7. The molecular formula is C39H69N3Na2O12. The van der Waals surface area contributed by atoms with Gasteiger partial charge in [-0.15, -0.1) is 0 Å². The maximum atomic E-state index is 12.2. The van der Waals surface area contributed by atoms with Gasteiger partial charge in [-0.3, -0.25) is 24.0 Å². The number of nitrogens with two attached hydrogens (primary N) is 3. The monoisotopic (exact) mass is 817 g/mol. The van der Waals surface area contributed by atoms with E-state index >= 15 is 0 Å². The number of unbranched alkanes of at least 4 members (excludes halogenated alkanes) is 16. The zero-order valence-corrected chi connectivity index (χ0v) is 38.7. The molecule has 0 rings (SSSR count). The molecule has 17 heteroatoms. The van der Waals surface area contributed by atoms with E-state index in [4.69, 9.17) is 26.7 Å². The van der Waals surface area contributed by atoms with Crippen molar-refractivity contribution < 1.29 is 119 Å². The first-order valence-corrected chi connectivity index (χ1v) is 20.0. The van der Waals surface area contributed by atoms with E-state index in [0.29, 0.717) is 12.8 Å². The Labute approximate surface area is 380 Å². The number of carbonyl (C=O) groups excluding carboxylic acids is 8. The van der Waals surface area contributed by atoms with E-state index < -0.39 is 72.3 Å². The van der Waals surface area contributed by atoms with E-state index in [2.05, 4.69) is 23.3 Å². The minimum absolute atomic E-state index is 0. The van der Waals surface area contributed by atoms with Crippen LogP contribution < -0.4 is 76.3 Å². The Bertz CT molecular complexity index is 1170. The van der Waals surface area contributed by atoms with Crippen LogP contribution in [0.1, 0.15) is 184 Å². The number of hydrogen-bond donors (Lipinski definition) is 3. The fourth-order valence-electron chi connectivity index (χ4n) is 5.28. The van der Waals surface area contributed by atoms with Crippen molar-refractivity contribution in [3.63, 3.8) is 0 Å². The number of hydrogen-bond acceptors (Lipinski definition) is 15. The van der Waals surface area contributed by atoms with Gasteiger partial charge in [-0.2, -0.15) is 0 Å². The van der Waals surface area contributed by atoms with Crippen molar-refractivity contribution in [2.24, 2.45) is 17.2 Å². The molecule has 0 fully saturated rings. The van der Waals surface area contributed by atoms with Gasteiger partial charge in [0, 0.05) is 32.1 Å². The first-order valence-electron chi connectivity index (χ1n) is 20.0. The quantitative estimate of drug-likeness (QED) is 0.0258. The molecule has 6 N–H and O–H groups in total. The Morgan fingerprint density at radius 1 is 0.357 bits per heavy atom. The molecule has 0 aliphatic carbocycles. The molecule has 15 nitrogen and oxygen atoms in total. The smallest absolute Gasteiger partial charge is 1.00 e. The average molecular weight is 818 g/mol. The van der Waals surface area contributed by atoms with E-state index in [1.807, 2.05) is 0 Å². The van der Waals surface area contributed by atoms with Crippen molar-refractivity contribution >= 4 is 47.8 Å². The minimum Gasteiger partial charge on any atom is -1.00 e. The van der Waals surface area contributed by atoms with E-state index in [1.165, 1.54) is 64.2 Å². The molecule has 0 amide bonds. The van der Waals surface area contributed by atoms with Crippen LogP contribution in [0.5, 0.6) is 0 Å². The summed E-state index contributed by atoms with van der Waals surface area (Å²) in [6.07, 6.45) is 17.5. The first-order chi connectivity index (χ1) is 25.8. The Morgan fingerprint density at radius 2 is 0.589 bits per heavy atom. The van der Waals surface area contributed by atoms with Crippen LogP contribution in [0.3, 0.4) is 0 Å². The van der Waals surface area contributed by atoms with Gasteiger partial charge in [-0.1, -0.05) is 117 Å². The molecule has 314 valence electrons. The largest absolute Gasteiger partial charge is 1.00 e. The molecule has 0 saturated carbocycles. The van der Waals surface area contributed by atoms with Crippen molar-refractivity contribution in [3.05, 3.63) is 0 Å². The molecule has 0 radical (unpaired) electrons. The van der Waals surface area contributed by atoms with Crippen LogP contribution in [0.15, 0.2) is 0 Å². The number of rotatable bonds is 32. The normalized spacial score (nSPS) is 12.2. The predicted octanol–water partition coefficient (Wildman–Crippen LogP) is -0.337. The predicted molar refractivity (Wildman–Crippen MR) is 202 cm³/mol. The Kier molecular flexibility index (Phi) is 40.8. The van der Waals surface area contributed by atoms with Gasteiger partial charge in [-0.25, -0.2) is 14.4 Å². The van der Waals surface area contributed by atoms with Crippen LogP contribution in [0.2, 0.25) is 0 Å². The molecule has 0 aromatic rings. The third kappa shape index (κ3) is 34.5. The maximum Gasteiger partial charge on any atom is 1.00 e. The van der Waals surface area contributed by atoms with E-state index in [-0.39, 0.29) is 107 Å². The van der Waals surface area contributed by atoms with E-state index in [9.17, 15) is 38.4 Å². The van der Waals surface area contributed by atoms with Gasteiger partial charge in [0.1, 0.15) is 18.1 Å². The molecule has 0 heterocycles. The molecule has 3 atom stereocenters. The fourth-order valence-corrected chi connectivity index (χ4v) is 5.28. The van der Waals surface area contributed by atoms with Crippen molar-refractivity contribution in [1.82, 2.24) is 0 Å². The summed E-state index contributed by atoms with van der Waals surface area (Å²) in [4.78, 5) is 96.4. The van der Waals surface area contributed by atoms with Gasteiger partial charge in [0.05, 0.1) is 0 Å². The van der Waals surface area contributed by atoms with Gasteiger partial charge >= 0.3 is 107 Å². The number of esters is 8. The summed E-state index contributed by atoms with van der Waals surface area (Å²) in [5.74, 6) is -7.58. The molecule has 0 aromatic heterocycles. The zero-order chi connectivity index (χ0) is 40.6. The van der Waals surface area contributed by atoms with Crippen LogP contribution in [0, 0.1) is 0 Å². The van der Waals surface area contributed by atoms with Crippen LogP contribution in [0.4, 0.5) is 0 Å². The summed E-state index contributed by atoms with van der Waals surface area (Å²) in [5, 5.41) is 0. The second-order valence-corrected chi connectivity index (χ2v) is 13.8. The number of carbonyl (C=O) groups is 8. The fraction of sp³-hybridized carbons (Fsp3) is 0.795. The van der Waals surface area contributed by atoms with E-state index in [0.717, 1.165) is 38.5 Å². The van der Waals surface area contributed by atoms with Gasteiger partial charge < -0.3 is 39.0 Å². The van der Waals surface area contributed by atoms with Crippen molar-refractivity contribution in [1.29, 1.82) is 0 Å². The molecule has 0 aliphatic rings. The number of ether oxygens (including phenoxy) is 4. The SMILES string of the molecule is CCCCCCCCCCCC(=O)OC(=O)CC[C@H](N)C(=O)OC(=O)CC[C@H](N)C(=O)OC(=O)[C@@H](N)CCC(=O)OC(=O)CCCCCCCCCCC.[H-].[H-].[Na+].[Na+]. The molecule has 0 saturated heterocycles. The molecular weight excluding hydrogens is 748 g/mol. The standard InChI is InChI=1S/C39H67N3O12.2Na.2H/c1-3-5-7-9-11-13-15-17-19-21-32(43)51-34(45)26-23-29(40)37(48)53-36(47)28-25-31(42)39(50)54-38(49)30(41)24-27-35(46)52-33(44)22-20-18-16-14-12-10-8-6-4-2;;;;/h29-31H,3-28,40-42H2,1-2H3;;;;/q;2*+1;2*-1/t29-,30-,31-;;;;/m0..../s1. The van der Waals surface area contributed by atoms with Crippen molar-refractivity contribution in [3.8, 4) is 0 Å². The second-order valence-electron chi connectivity index (χ2n) is 13.8. The summed E-state index contributed by atoms with van der Waals surface area (Å²) in [5.41, 5.74) is 17.1. The summed E-state index contributed by atoms with van der Waals surface area (Å²) in [6, 6.07) is -4.20. The maximum absolute atomic E-state index is 12.2. The Hall–Kier alpha value is -1.56. The van der Waals surface area contributed by atoms with Crippen molar-refractivity contribution in [2.45, 2.75) is 199 Å². The van der Waals surface area contributed by atoms with Crippen molar-refractivity contribution in [2.75, 3.05) is 0 Å². The van der Waals surface area contributed by atoms with Gasteiger partial charge in [-0.05, 0) is 32.1 Å². The summed E-state index contributed by atoms with van der Waals surface area (Å²) < 4.78 is 18.8. The van der Waals surface area contributed by atoms with Crippen LogP contribution >= 0.6 is 0 Å². The molecule has 56 heavy (non-hydrogen) atoms. The summed E-state index contributed by atoms with van der Waals surface area (Å²) in [7, 11) is 0. The molecule has 0 aliphatic heterocycles. The average Bonchev–Trinajstić information content (AvgIpc) is 3.13. The van der Waals surface area contributed by atoms with Gasteiger partial charge in [0.2, 0.25) is 0 Å². The summed E-state index contributed by atoms with van der Waals surface area (Å²) in [6.45, 7) is 4.34. The topological polar surface area (TPSA) is 252 Å². The molecule has 0 aromatic carbocycles. The van der Waals surface area contributed by atoms with Crippen LogP contribution in [-0.2, 0) is 57.3 Å². The first kappa shape index (κ1) is 58.8. The third-order valence-corrected chi connectivity index (χ3v) is 8.73. The Balaban J connectivity index is -0.00000234. The second kappa shape index (κ2) is 38.9. The van der Waals surface area contributed by atoms with Crippen LogP contribution in [-0.4, -0.2) is 65.9 Å². The Morgan fingerprint density at radius 3 is 0.893 bits per heavy atom. The molecule has 0 spiro atoms.